The Morgan fingerprint density at radius 2 is 2.05 bits per heavy atom. The number of esters is 1. The molecule has 0 aliphatic carbocycles. The smallest absolute Gasteiger partial charge is 0.333 e. The van der Waals surface area contributed by atoms with Crippen molar-refractivity contribution in [2.75, 3.05) is 19.8 Å². The predicted molar refractivity (Wildman–Crippen MR) is 73.9 cm³/mol. The molecule has 0 radical (unpaired) electrons. The second-order valence-electron chi connectivity index (χ2n) is 5.16. The molecule has 2 rings (SSSR count). The van der Waals surface area contributed by atoms with Crippen LogP contribution in [-0.2, 0) is 19.7 Å². The molecule has 0 N–H and O–H groups in total. The third kappa shape index (κ3) is 3.24. The predicted octanol–water partition coefficient (Wildman–Crippen LogP) is 2.85. The quantitative estimate of drug-likeness (QED) is 0.448. The van der Waals surface area contributed by atoms with Crippen LogP contribution in [-0.4, -0.2) is 25.8 Å². The van der Waals surface area contributed by atoms with Gasteiger partial charge in [0.1, 0.15) is 0 Å². The van der Waals surface area contributed by atoms with Gasteiger partial charge in [-0.15, -0.1) is 0 Å². The number of benzene rings is 1. The van der Waals surface area contributed by atoms with Crippen LogP contribution < -0.4 is 0 Å². The first-order chi connectivity index (χ1) is 9.14. The van der Waals surface area contributed by atoms with Crippen LogP contribution in [0.4, 0.5) is 0 Å². The van der Waals surface area contributed by atoms with E-state index in [4.69, 9.17) is 9.47 Å². The first-order valence-corrected chi connectivity index (χ1v) is 6.60. The van der Waals surface area contributed by atoms with E-state index in [1.807, 2.05) is 6.07 Å². The van der Waals surface area contributed by atoms with E-state index >= 15 is 0 Å². The van der Waals surface area contributed by atoms with Gasteiger partial charge in [0.05, 0.1) is 19.8 Å². The maximum absolute atomic E-state index is 11.3. The summed E-state index contributed by atoms with van der Waals surface area (Å²) in [6.45, 7) is 7.18. The fraction of sp³-hybridized carbons (Fsp3) is 0.438. The molecule has 0 aromatic heterocycles. The standard InChI is InChI=1S/C16H20O3/c1-13(2)15(17)19-10-6-9-16(11-18-12-16)14-7-4-3-5-8-14/h3-5,7-8H,1,6,9-12H2,2H3. The average Bonchev–Trinajstić information content (AvgIpc) is 2.37. The van der Waals surface area contributed by atoms with Gasteiger partial charge in [-0.3, -0.25) is 0 Å². The Bertz CT molecular complexity index is 446. The lowest BCUT2D eigenvalue weighted by atomic mass is 9.75. The number of ether oxygens (including phenoxy) is 2. The summed E-state index contributed by atoms with van der Waals surface area (Å²) in [7, 11) is 0. The second-order valence-corrected chi connectivity index (χ2v) is 5.16. The van der Waals surface area contributed by atoms with Gasteiger partial charge in [-0.05, 0) is 25.3 Å². The Morgan fingerprint density at radius 1 is 1.37 bits per heavy atom. The minimum Gasteiger partial charge on any atom is -0.462 e. The van der Waals surface area contributed by atoms with E-state index in [2.05, 4.69) is 30.8 Å². The number of carbonyl (C=O) groups is 1. The van der Waals surface area contributed by atoms with Crippen molar-refractivity contribution in [3.63, 3.8) is 0 Å². The van der Waals surface area contributed by atoms with Crippen LogP contribution >= 0.6 is 0 Å². The van der Waals surface area contributed by atoms with E-state index in [0.717, 1.165) is 26.1 Å². The topological polar surface area (TPSA) is 35.5 Å². The number of carbonyl (C=O) groups excluding carboxylic acids is 1. The summed E-state index contributed by atoms with van der Waals surface area (Å²) in [5.74, 6) is -0.307. The molecule has 0 saturated carbocycles. The van der Waals surface area contributed by atoms with Gasteiger partial charge in [0.15, 0.2) is 0 Å². The minimum atomic E-state index is -0.307. The molecular formula is C16H20O3. The second kappa shape index (κ2) is 6.02. The Hall–Kier alpha value is -1.61. The van der Waals surface area contributed by atoms with Gasteiger partial charge in [-0.25, -0.2) is 4.79 Å². The molecule has 3 heteroatoms. The number of hydrogen-bond donors (Lipinski definition) is 0. The van der Waals surface area contributed by atoms with E-state index < -0.39 is 0 Å². The van der Waals surface area contributed by atoms with Gasteiger partial charge < -0.3 is 9.47 Å². The molecular weight excluding hydrogens is 240 g/mol. The van der Waals surface area contributed by atoms with Crippen LogP contribution in [0.25, 0.3) is 0 Å². The molecule has 3 nitrogen and oxygen atoms in total. The molecule has 19 heavy (non-hydrogen) atoms. The average molecular weight is 260 g/mol. The SMILES string of the molecule is C=C(C)C(=O)OCCCC1(c2ccccc2)COC1. The fourth-order valence-corrected chi connectivity index (χ4v) is 2.29. The fourth-order valence-electron chi connectivity index (χ4n) is 2.29. The molecule has 1 aromatic rings. The van der Waals surface area contributed by atoms with Crippen molar-refractivity contribution in [2.45, 2.75) is 25.2 Å². The van der Waals surface area contributed by atoms with Crippen LogP contribution in [0.3, 0.4) is 0 Å². The van der Waals surface area contributed by atoms with Crippen LogP contribution in [0.5, 0.6) is 0 Å². The van der Waals surface area contributed by atoms with Gasteiger partial charge in [-0.1, -0.05) is 36.9 Å². The highest BCUT2D eigenvalue weighted by Gasteiger charge is 2.39. The normalized spacial score (nSPS) is 16.5. The van der Waals surface area contributed by atoms with Crippen LogP contribution in [0.2, 0.25) is 0 Å². The lowest BCUT2D eigenvalue weighted by Crippen LogP contribution is -2.46. The van der Waals surface area contributed by atoms with Crippen LogP contribution in [0.15, 0.2) is 42.5 Å². The molecule has 1 aliphatic rings. The van der Waals surface area contributed by atoms with Crippen molar-refractivity contribution in [3.8, 4) is 0 Å². The monoisotopic (exact) mass is 260 g/mol. The van der Waals surface area contributed by atoms with E-state index in [1.54, 1.807) is 6.92 Å². The lowest BCUT2D eigenvalue weighted by Gasteiger charge is -2.42. The van der Waals surface area contributed by atoms with E-state index in [9.17, 15) is 4.79 Å². The Balaban J connectivity index is 1.84. The zero-order valence-corrected chi connectivity index (χ0v) is 11.4. The van der Waals surface area contributed by atoms with Gasteiger partial charge in [0, 0.05) is 11.0 Å². The molecule has 0 bridgehead atoms. The van der Waals surface area contributed by atoms with Crippen molar-refractivity contribution >= 4 is 5.97 Å². The molecule has 1 saturated heterocycles. The molecule has 1 aromatic carbocycles. The van der Waals surface area contributed by atoms with E-state index in [1.165, 1.54) is 5.56 Å². The minimum absolute atomic E-state index is 0.108. The summed E-state index contributed by atoms with van der Waals surface area (Å²) in [6, 6.07) is 10.4. The summed E-state index contributed by atoms with van der Waals surface area (Å²) in [5.41, 5.74) is 1.87. The van der Waals surface area contributed by atoms with Crippen molar-refractivity contribution in [3.05, 3.63) is 48.0 Å². The van der Waals surface area contributed by atoms with Crippen molar-refractivity contribution in [2.24, 2.45) is 0 Å². The third-order valence-electron chi connectivity index (χ3n) is 3.52. The number of hydrogen-bond acceptors (Lipinski definition) is 3. The zero-order chi connectivity index (χ0) is 13.7. The molecule has 0 atom stereocenters. The summed E-state index contributed by atoms with van der Waals surface area (Å²) < 4.78 is 10.5. The summed E-state index contributed by atoms with van der Waals surface area (Å²) in [5, 5.41) is 0. The maximum Gasteiger partial charge on any atom is 0.333 e. The van der Waals surface area contributed by atoms with Gasteiger partial charge >= 0.3 is 5.97 Å². The largest absolute Gasteiger partial charge is 0.462 e. The summed E-state index contributed by atoms with van der Waals surface area (Å²) in [6.07, 6.45) is 1.82. The van der Waals surface area contributed by atoms with E-state index in [-0.39, 0.29) is 11.4 Å². The third-order valence-corrected chi connectivity index (χ3v) is 3.52. The molecule has 0 unspecified atom stereocenters. The molecule has 102 valence electrons. The lowest BCUT2D eigenvalue weighted by molar-refractivity contribution is -0.139. The Morgan fingerprint density at radius 3 is 2.58 bits per heavy atom. The van der Waals surface area contributed by atoms with Crippen LogP contribution in [0, 0.1) is 0 Å². The van der Waals surface area contributed by atoms with Gasteiger partial charge in [-0.2, -0.15) is 0 Å². The van der Waals surface area contributed by atoms with Crippen molar-refractivity contribution < 1.29 is 14.3 Å². The van der Waals surface area contributed by atoms with Gasteiger partial charge in [0.2, 0.25) is 0 Å². The Labute approximate surface area is 114 Å². The van der Waals surface area contributed by atoms with E-state index in [0.29, 0.717) is 12.2 Å². The zero-order valence-electron chi connectivity index (χ0n) is 11.4. The number of rotatable bonds is 6. The van der Waals surface area contributed by atoms with Crippen molar-refractivity contribution in [1.82, 2.24) is 0 Å². The van der Waals surface area contributed by atoms with Gasteiger partial charge in [0.25, 0.3) is 0 Å². The first-order valence-electron chi connectivity index (χ1n) is 6.60. The van der Waals surface area contributed by atoms with Crippen LogP contribution in [0.1, 0.15) is 25.3 Å². The summed E-state index contributed by atoms with van der Waals surface area (Å²) >= 11 is 0. The highest BCUT2D eigenvalue weighted by Crippen LogP contribution is 2.36. The highest BCUT2D eigenvalue weighted by atomic mass is 16.5. The molecule has 0 amide bonds. The van der Waals surface area contributed by atoms with Crippen molar-refractivity contribution in [1.29, 1.82) is 0 Å². The molecule has 1 aliphatic heterocycles. The first kappa shape index (κ1) is 13.8. The molecule has 1 heterocycles. The highest BCUT2D eigenvalue weighted by molar-refractivity contribution is 5.86. The molecule has 0 spiro atoms. The summed E-state index contributed by atoms with van der Waals surface area (Å²) in [4.78, 5) is 11.3. The molecule has 1 fully saturated rings. The Kier molecular flexibility index (Phi) is 4.38. The maximum atomic E-state index is 11.3.